The predicted molar refractivity (Wildman–Crippen MR) is 116 cm³/mol. The molecule has 6 heteroatoms. The third-order valence-corrected chi connectivity index (χ3v) is 4.47. The lowest BCUT2D eigenvalue weighted by atomic mass is 10.2. The van der Waals surface area contributed by atoms with Gasteiger partial charge in [0.2, 0.25) is 5.95 Å². The van der Waals surface area contributed by atoms with E-state index in [9.17, 15) is 4.39 Å². The molecule has 4 nitrogen and oxygen atoms in total. The van der Waals surface area contributed by atoms with E-state index >= 15 is 0 Å². The Bertz CT molecular complexity index is 1130. The van der Waals surface area contributed by atoms with Gasteiger partial charge in [-0.2, -0.15) is 4.98 Å². The lowest BCUT2D eigenvalue weighted by Gasteiger charge is -2.14. The fourth-order valence-corrected chi connectivity index (χ4v) is 2.94. The number of rotatable bonds is 4. The van der Waals surface area contributed by atoms with Crippen LogP contribution < -0.4 is 10.6 Å². The van der Waals surface area contributed by atoms with Crippen molar-refractivity contribution in [1.29, 1.82) is 0 Å². The van der Waals surface area contributed by atoms with Gasteiger partial charge in [-0.05, 0) is 49.2 Å². The molecule has 0 unspecified atom stereocenters. The Morgan fingerprint density at radius 3 is 1.96 bits per heavy atom. The second kappa shape index (κ2) is 8.23. The highest BCUT2D eigenvalue weighted by molar-refractivity contribution is 5.92. The zero-order valence-corrected chi connectivity index (χ0v) is 16.3. The van der Waals surface area contributed by atoms with Crippen LogP contribution in [-0.4, -0.2) is 9.97 Å². The molecule has 0 bridgehead atoms. The van der Waals surface area contributed by atoms with Gasteiger partial charge < -0.3 is 10.6 Å². The molecule has 0 saturated heterocycles. The standard InChI is InChI=1S/C22H19FN4.ClH/c1-14-8-3-5-12-18(14)24-21-16-10-7-11-17(23)20(16)26-22(27-21)25-19-13-6-4-9-15(19)2;/h3-13H,1-2H3,(H2,24,25,26,27);1H. The molecule has 2 N–H and O–H groups in total. The normalized spacial score (nSPS) is 10.4. The van der Waals surface area contributed by atoms with Gasteiger partial charge in [-0.3, -0.25) is 0 Å². The van der Waals surface area contributed by atoms with Crippen LogP contribution in [0.2, 0.25) is 0 Å². The number of nitrogens with zero attached hydrogens (tertiary/aromatic N) is 2. The van der Waals surface area contributed by atoms with Crippen molar-refractivity contribution < 1.29 is 4.39 Å². The van der Waals surface area contributed by atoms with Crippen LogP contribution in [0.3, 0.4) is 0 Å². The van der Waals surface area contributed by atoms with Gasteiger partial charge >= 0.3 is 0 Å². The van der Waals surface area contributed by atoms with E-state index in [0.29, 0.717) is 17.2 Å². The number of fused-ring (bicyclic) bond motifs is 1. The first-order chi connectivity index (χ1) is 13.1. The minimum atomic E-state index is -0.379. The summed E-state index contributed by atoms with van der Waals surface area (Å²) in [5.41, 5.74) is 4.22. The number of anilines is 4. The van der Waals surface area contributed by atoms with Crippen LogP contribution >= 0.6 is 12.4 Å². The van der Waals surface area contributed by atoms with Crippen LogP contribution in [0.15, 0.2) is 66.7 Å². The molecule has 0 fully saturated rings. The van der Waals surface area contributed by atoms with E-state index in [0.717, 1.165) is 22.5 Å². The molecule has 0 amide bonds. The molecule has 1 aromatic heterocycles. The number of aryl methyl sites for hydroxylation is 2. The molecule has 1 heterocycles. The smallest absolute Gasteiger partial charge is 0.229 e. The second-order valence-corrected chi connectivity index (χ2v) is 6.41. The third-order valence-electron chi connectivity index (χ3n) is 4.47. The minimum absolute atomic E-state index is 0. The molecule has 142 valence electrons. The van der Waals surface area contributed by atoms with Crippen LogP contribution in [0.4, 0.5) is 27.5 Å². The lowest BCUT2D eigenvalue weighted by Crippen LogP contribution is -2.04. The zero-order chi connectivity index (χ0) is 18.8. The van der Waals surface area contributed by atoms with Crippen molar-refractivity contribution in [3.63, 3.8) is 0 Å². The maximum atomic E-state index is 14.4. The lowest BCUT2D eigenvalue weighted by molar-refractivity contribution is 0.636. The Morgan fingerprint density at radius 2 is 1.32 bits per heavy atom. The molecule has 0 saturated carbocycles. The average molecular weight is 395 g/mol. The molecular weight excluding hydrogens is 375 g/mol. The summed E-state index contributed by atoms with van der Waals surface area (Å²) in [5.74, 6) is 0.526. The second-order valence-electron chi connectivity index (χ2n) is 6.41. The summed E-state index contributed by atoms with van der Waals surface area (Å²) in [6.07, 6.45) is 0. The molecule has 0 spiro atoms. The Morgan fingerprint density at radius 1 is 0.714 bits per heavy atom. The highest BCUT2D eigenvalue weighted by Gasteiger charge is 2.13. The van der Waals surface area contributed by atoms with Gasteiger partial charge in [0, 0.05) is 16.8 Å². The molecule has 0 aliphatic heterocycles. The van der Waals surface area contributed by atoms with E-state index < -0.39 is 0 Å². The van der Waals surface area contributed by atoms with Crippen molar-refractivity contribution in [2.24, 2.45) is 0 Å². The fraction of sp³-hybridized carbons (Fsp3) is 0.0909. The number of para-hydroxylation sites is 3. The van der Waals surface area contributed by atoms with Crippen molar-refractivity contribution in [3.8, 4) is 0 Å². The molecule has 4 rings (SSSR count). The van der Waals surface area contributed by atoms with Crippen LogP contribution in [0.25, 0.3) is 10.9 Å². The van der Waals surface area contributed by atoms with Crippen LogP contribution in [0.1, 0.15) is 11.1 Å². The summed E-state index contributed by atoms with van der Waals surface area (Å²) >= 11 is 0. The first-order valence-electron chi connectivity index (χ1n) is 8.73. The molecule has 3 aromatic carbocycles. The summed E-state index contributed by atoms with van der Waals surface area (Å²) in [4.78, 5) is 9.01. The van der Waals surface area contributed by atoms with E-state index in [2.05, 4.69) is 20.6 Å². The first-order valence-corrected chi connectivity index (χ1v) is 8.73. The number of hydrogen-bond acceptors (Lipinski definition) is 4. The van der Waals surface area contributed by atoms with Gasteiger partial charge in [0.15, 0.2) is 0 Å². The molecule has 0 aliphatic rings. The van der Waals surface area contributed by atoms with Gasteiger partial charge in [-0.1, -0.05) is 42.5 Å². The van der Waals surface area contributed by atoms with Crippen molar-refractivity contribution >= 4 is 46.5 Å². The summed E-state index contributed by atoms with van der Waals surface area (Å²) < 4.78 is 14.4. The fourth-order valence-electron chi connectivity index (χ4n) is 2.94. The maximum Gasteiger partial charge on any atom is 0.229 e. The molecule has 4 aromatic rings. The largest absolute Gasteiger partial charge is 0.339 e. The number of aromatic nitrogens is 2. The predicted octanol–water partition coefficient (Wildman–Crippen LogP) is 6.29. The SMILES string of the molecule is Cc1ccccc1Nc1nc(Nc2ccccc2C)c2cccc(F)c2n1.Cl. The average Bonchev–Trinajstić information content (AvgIpc) is 2.66. The van der Waals surface area contributed by atoms with E-state index in [1.165, 1.54) is 6.07 Å². The van der Waals surface area contributed by atoms with Gasteiger partial charge in [-0.15, -0.1) is 12.4 Å². The third kappa shape index (κ3) is 3.89. The zero-order valence-electron chi connectivity index (χ0n) is 15.5. The minimum Gasteiger partial charge on any atom is -0.339 e. The van der Waals surface area contributed by atoms with Gasteiger partial charge in [0.05, 0.1) is 0 Å². The quantitative estimate of drug-likeness (QED) is 0.426. The van der Waals surface area contributed by atoms with Crippen molar-refractivity contribution in [2.45, 2.75) is 13.8 Å². The first kappa shape index (κ1) is 19.6. The maximum absolute atomic E-state index is 14.4. The Kier molecular flexibility index (Phi) is 5.76. The topological polar surface area (TPSA) is 49.8 Å². The van der Waals surface area contributed by atoms with Gasteiger partial charge in [0.25, 0.3) is 0 Å². The van der Waals surface area contributed by atoms with E-state index in [1.54, 1.807) is 6.07 Å². The van der Waals surface area contributed by atoms with Gasteiger partial charge in [0.1, 0.15) is 17.2 Å². The molecule has 28 heavy (non-hydrogen) atoms. The Hall–Kier alpha value is -3.18. The summed E-state index contributed by atoms with van der Waals surface area (Å²) in [7, 11) is 0. The summed E-state index contributed by atoms with van der Waals surface area (Å²) in [5, 5.41) is 7.16. The Balaban J connectivity index is 0.00000225. The monoisotopic (exact) mass is 394 g/mol. The van der Waals surface area contributed by atoms with Crippen LogP contribution in [-0.2, 0) is 0 Å². The highest BCUT2D eigenvalue weighted by Crippen LogP contribution is 2.29. The van der Waals surface area contributed by atoms with Gasteiger partial charge in [-0.25, -0.2) is 9.37 Å². The van der Waals surface area contributed by atoms with E-state index in [-0.39, 0.29) is 23.7 Å². The van der Waals surface area contributed by atoms with E-state index in [4.69, 9.17) is 0 Å². The van der Waals surface area contributed by atoms with Crippen LogP contribution in [0.5, 0.6) is 0 Å². The van der Waals surface area contributed by atoms with Crippen molar-refractivity contribution in [1.82, 2.24) is 9.97 Å². The molecule has 0 radical (unpaired) electrons. The summed E-state index contributed by atoms with van der Waals surface area (Å²) in [6, 6.07) is 20.6. The number of hydrogen-bond donors (Lipinski definition) is 2. The molecular formula is C22H20ClFN4. The summed E-state index contributed by atoms with van der Waals surface area (Å²) in [6.45, 7) is 4.01. The number of halogens is 2. The number of benzene rings is 3. The van der Waals surface area contributed by atoms with Crippen LogP contribution in [0, 0.1) is 19.7 Å². The highest BCUT2D eigenvalue weighted by atomic mass is 35.5. The molecule has 0 aliphatic carbocycles. The number of nitrogens with one attached hydrogen (secondary N) is 2. The van der Waals surface area contributed by atoms with E-state index in [1.807, 2.05) is 68.4 Å². The van der Waals surface area contributed by atoms with Crippen molar-refractivity contribution in [2.75, 3.05) is 10.6 Å². The van der Waals surface area contributed by atoms with Crippen molar-refractivity contribution in [3.05, 3.63) is 83.7 Å². The molecule has 0 atom stereocenters. The Labute approximate surface area is 169 Å².